The van der Waals surface area contributed by atoms with Gasteiger partial charge in [-0.15, -0.1) is 0 Å². The summed E-state index contributed by atoms with van der Waals surface area (Å²) in [6.45, 7) is 3.62. The molecule has 1 atom stereocenters. The highest BCUT2D eigenvalue weighted by atomic mass is 79.9. The summed E-state index contributed by atoms with van der Waals surface area (Å²) in [5, 5.41) is 2.74. The molecule has 0 saturated carbocycles. The second-order valence-corrected chi connectivity index (χ2v) is 9.02. The normalized spacial score (nSPS) is 15.5. The Hall–Kier alpha value is -2.87. The fraction of sp³-hybridized carbons (Fsp3) is 0.423. The van der Waals surface area contributed by atoms with Gasteiger partial charge in [0.1, 0.15) is 11.8 Å². The molecule has 1 aliphatic heterocycles. The number of amides is 2. The third-order valence-corrected chi connectivity index (χ3v) is 6.22. The summed E-state index contributed by atoms with van der Waals surface area (Å²) in [7, 11) is 0. The fourth-order valence-corrected chi connectivity index (χ4v) is 4.22. The number of unbranched alkanes of at least 4 members (excludes halogenated alkanes) is 1. The lowest BCUT2D eigenvalue weighted by Gasteiger charge is -2.34. The Morgan fingerprint density at radius 1 is 1.12 bits per heavy atom. The largest absolute Gasteiger partial charge is 0.492 e. The minimum Gasteiger partial charge on any atom is -0.492 e. The molecule has 0 bridgehead atoms. The number of halogens is 1. The van der Waals surface area contributed by atoms with E-state index in [-0.39, 0.29) is 24.8 Å². The summed E-state index contributed by atoms with van der Waals surface area (Å²) in [5.74, 6) is -0.484. The molecule has 3 rings (SSSR count). The predicted molar refractivity (Wildman–Crippen MR) is 133 cm³/mol. The van der Waals surface area contributed by atoms with Gasteiger partial charge >= 0.3 is 5.97 Å². The molecule has 2 aromatic rings. The lowest BCUT2D eigenvalue weighted by molar-refractivity contribution is -0.147. The summed E-state index contributed by atoms with van der Waals surface area (Å²) >= 11 is 3.46. The molecule has 1 aliphatic rings. The number of carbonyl (C=O) groups is 3. The van der Waals surface area contributed by atoms with Crippen molar-refractivity contribution in [2.24, 2.45) is 0 Å². The van der Waals surface area contributed by atoms with E-state index in [0.717, 1.165) is 19.3 Å². The van der Waals surface area contributed by atoms with E-state index in [9.17, 15) is 14.4 Å². The van der Waals surface area contributed by atoms with Crippen molar-refractivity contribution in [1.82, 2.24) is 10.2 Å². The second kappa shape index (κ2) is 13.1. The maximum absolute atomic E-state index is 13.2. The highest BCUT2D eigenvalue weighted by Crippen LogP contribution is 2.27. The van der Waals surface area contributed by atoms with Crippen molar-refractivity contribution in [3.63, 3.8) is 0 Å². The molecule has 1 heterocycles. The van der Waals surface area contributed by atoms with Gasteiger partial charge < -0.3 is 19.7 Å². The van der Waals surface area contributed by atoms with Gasteiger partial charge in [0, 0.05) is 18.7 Å². The second-order valence-electron chi connectivity index (χ2n) is 8.17. The first-order valence-electron chi connectivity index (χ1n) is 11.7. The van der Waals surface area contributed by atoms with E-state index in [1.807, 2.05) is 30.3 Å². The van der Waals surface area contributed by atoms with Crippen LogP contribution in [0.3, 0.4) is 0 Å². The number of esters is 1. The van der Waals surface area contributed by atoms with Crippen LogP contribution in [0.25, 0.3) is 0 Å². The van der Waals surface area contributed by atoms with E-state index in [2.05, 4.69) is 28.2 Å². The lowest BCUT2D eigenvalue weighted by atomic mass is 10.1. The van der Waals surface area contributed by atoms with Gasteiger partial charge in [-0.25, -0.2) is 0 Å². The zero-order valence-electron chi connectivity index (χ0n) is 19.4. The smallest absolute Gasteiger partial charge is 0.308 e. The van der Waals surface area contributed by atoms with E-state index in [4.69, 9.17) is 9.47 Å². The van der Waals surface area contributed by atoms with Gasteiger partial charge in [-0.3, -0.25) is 14.4 Å². The lowest BCUT2D eigenvalue weighted by Crippen LogP contribution is -2.57. The molecule has 0 aliphatic carbocycles. The number of benzene rings is 2. The molecule has 182 valence electrons. The molecule has 34 heavy (non-hydrogen) atoms. The average Bonchev–Trinajstić information content (AvgIpc) is 2.84. The van der Waals surface area contributed by atoms with Crippen molar-refractivity contribution in [2.75, 3.05) is 26.3 Å². The van der Waals surface area contributed by atoms with Gasteiger partial charge in [-0.1, -0.05) is 43.7 Å². The van der Waals surface area contributed by atoms with Crippen molar-refractivity contribution in [3.8, 4) is 5.75 Å². The molecule has 7 nitrogen and oxygen atoms in total. The first kappa shape index (κ1) is 25.7. The van der Waals surface area contributed by atoms with Gasteiger partial charge in [0.2, 0.25) is 5.91 Å². The van der Waals surface area contributed by atoms with Crippen molar-refractivity contribution >= 4 is 33.7 Å². The van der Waals surface area contributed by atoms with E-state index < -0.39 is 12.0 Å². The van der Waals surface area contributed by atoms with Crippen LogP contribution in [0.5, 0.6) is 5.75 Å². The number of aryl methyl sites for hydroxylation is 1. The number of nitrogens with zero attached hydrogens (tertiary/aromatic N) is 1. The van der Waals surface area contributed by atoms with Gasteiger partial charge in [0.25, 0.3) is 5.91 Å². The summed E-state index contributed by atoms with van der Waals surface area (Å²) in [6, 6.07) is 14.2. The standard InChI is InChI=1S/C26H31BrN2O5/c1-2-3-15-33-23-12-11-20(17-21(23)27)26(32)29-14-13-28-25(31)22(29)18-24(30)34-16-7-10-19-8-5-4-6-9-19/h4-6,8-9,11-12,17,22H,2-3,7,10,13-16,18H2,1H3,(H,28,31). The van der Waals surface area contributed by atoms with E-state index in [1.54, 1.807) is 18.2 Å². The van der Waals surface area contributed by atoms with Crippen LogP contribution >= 0.6 is 15.9 Å². The first-order valence-corrected chi connectivity index (χ1v) is 12.5. The van der Waals surface area contributed by atoms with E-state index in [0.29, 0.717) is 41.9 Å². The molecule has 0 spiro atoms. The molecule has 0 radical (unpaired) electrons. The Bertz CT molecular complexity index is 982. The average molecular weight is 531 g/mol. The van der Waals surface area contributed by atoms with Crippen molar-refractivity contribution in [3.05, 3.63) is 64.1 Å². The van der Waals surface area contributed by atoms with Gasteiger partial charge in [0.15, 0.2) is 0 Å². The molecule has 8 heteroatoms. The molecule has 1 N–H and O–H groups in total. The first-order chi connectivity index (χ1) is 16.5. The number of piperazine rings is 1. The molecular weight excluding hydrogens is 500 g/mol. The topological polar surface area (TPSA) is 84.9 Å². The quantitative estimate of drug-likeness (QED) is 0.348. The summed E-state index contributed by atoms with van der Waals surface area (Å²) in [4.78, 5) is 39.6. The van der Waals surface area contributed by atoms with Crippen molar-refractivity contribution < 1.29 is 23.9 Å². The van der Waals surface area contributed by atoms with Crippen molar-refractivity contribution in [1.29, 1.82) is 0 Å². The maximum atomic E-state index is 13.2. The monoisotopic (exact) mass is 530 g/mol. The molecule has 2 amide bonds. The van der Waals surface area contributed by atoms with Crippen LogP contribution < -0.4 is 10.1 Å². The zero-order chi connectivity index (χ0) is 24.3. The summed E-state index contributed by atoms with van der Waals surface area (Å²) in [6.07, 6.45) is 3.29. The third kappa shape index (κ3) is 7.32. The number of hydrogen-bond acceptors (Lipinski definition) is 5. The van der Waals surface area contributed by atoms with Crippen molar-refractivity contribution in [2.45, 2.75) is 45.1 Å². The number of ether oxygens (including phenoxy) is 2. The molecule has 0 aromatic heterocycles. The Morgan fingerprint density at radius 3 is 2.65 bits per heavy atom. The van der Waals surface area contributed by atoms with Crippen LogP contribution in [0, 0.1) is 0 Å². The number of hydrogen-bond donors (Lipinski definition) is 1. The number of nitrogens with one attached hydrogen (secondary N) is 1. The van der Waals surface area contributed by atoms with Crippen LogP contribution in [0.15, 0.2) is 53.0 Å². The van der Waals surface area contributed by atoms with Gasteiger partial charge in [-0.05, 0) is 59.0 Å². The fourth-order valence-electron chi connectivity index (χ4n) is 3.73. The molecule has 1 unspecified atom stereocenters. The summed E-state index contributed by atoms with van der Waals surface area (Å²) < 4.78 is 11.7. The number of carbonyl (C=O) groups excluding carboxylic acids is 3. The Balaban J connectivity index is 1.57. The Kier molecular flexibility index (Phi) is 9.94. The maximum Gasteiger partial charge on any atom is 0.308 e. The minimum atomic E-state index is -0.901. The predicted octanol–water partition coefficient (Wildman–Crippen LogP) is 4.13. The molecular formula is C26H31BrN2O5. The molecule has 1 fully saturated rings. The van der Waals surface area contributed by atoms with E-state index in [1.165, 1.54) is 10.5 Å². The third-order valence-electron chi connectivity index (χ3n) is 5.60. The zero-order valence-corrected chi connectivity index (χ0v) is 21.0. The van der Waals surface area contributed by atoms with Crippen LogP contribution in [-0.2, 0) is 20.7 Å². The van der Waals surface area contributed by atoms with Crippen LogP contribution in [0.1, 0.15) is 48.5 Å². The van der Waals surface area contributed by atoms with Crippen LogP contribution in [-0.4, -0.2) is 55.0 Å². The van der Waals surface area contributed by atoms with Crippen LogP contribution in [0.2, 0.25) is 0 Å². The van der Waals surface area contributed by atoms with E-state index >= 15 is 0 Å². The highest BCUT2D eigenvalue weighted by Gasteiger charge is 2.35. The Labute approximate surface area is 208 Å². The van der Waals surface area contributed by atoms with Gasteiger partial charge in [0.05, 0.1) is 24.1 Å². The molecule has 2 aromatic carbocycles. The number of rotatable bonds is 11. The van der Waals surface area contributed by atoms with Crippen LogP contribution in [0.4, 0.5) is 0 Å². The highest BCUT2D eigenvalue weighted by molar-refractivity contribution is 9.10. The van der Waals surface area contributed by atoms with Gasteiger partial charge in [-0.2, -0.15) is 0 Å². The Morgan fingerprint density at radius 2 is 1.91 bits per heavy atom. The summed E-state index contributed by atoms with van der Waals surface area (Å²) in [5.41, 5.74) is 1.60. The minimum absolute atomic E-state index is 0.178. The molecule has 1 saturated heterocycles. The SMILES string of the molecule is CCCCOc1ccc(C(=O)N2CCNC(=O)C2CC(=O)OCCCc2ccccc2)cc1Br.